The van der Waals surface area contributed by atoms with Gasteiger partial charge in [0.15, 0.2) is 11.5 Å². The number of ketones is 1. The van der Waals surface area contributed by atoms with Gasteiger partial charge in [-0.15, -0.1) is 0 Å². The predicted molar refractivity (Wildman–Crippen MR) is 200 cm³/mol. The number of benzene rings is 2. The number of nitrogens with zero attached hydrogens (tertiary/aromatic N) is 2. The molecule has 0 aliphatic carbocycles. The number of likely N-dealkylation sites (N-methyl/N-ethyl adjacent to an activating group) is 1. The molecular weight excluding hydrogens is 651 g/mol. The standard InChI is InChI=1S/C40H53N3O6S/c1-10-42-33-22-20-28(2)25-31(33)39(6,7)35(42)18-14-11-15-19-36-40(8,9)32-26-30(50(46,47)48)21-23-34(32)43(36)24-16-12-13-17-29(44)27-41-37(45)49-38(3,4)5/h11,14-15,18-23,25-26H,10,12-13,16-17,24,27H2,1-9H3,(H-,41,45,46,47,48)/p+1. The van der Waals surface area contributed by atoms with Gasteiger partial charge in [-0.25, -0.2) is 4.79 Å². The van der Waals surface area contributed by atoms with Gasteiger partial charge in [0, 0.05) is 53.9 Å². The maximum atomic E-state index is 12.4. The topological polar surface area (TPSA) is 116 Å². The average molecular weight is 705 g/mol. The number of amides is 1. The smallest absolute Gasteiger partial charge is 0.408 e. The lowest BCUT2D eigenvalue weighted by Gasteiger charge is -2.25. The van der Waals surface area contributed by atoms with Crippen LogP contribution in [0.5, 0.6) is 0 Å². The zero-order chi connectivity index (χ0) is 37.1. The van der Waals surface area contributed by atoms with Gasteiger partial charge >= 0.3 is 6.09 Å². The van der Waals surface area contributed by atoms with E-state index in [0.717, 1.165) is 36.3 Å². The minimum absolute atomic E-state index is 0.0553. The SMILES string of the molecule is CCN1C(=CC=CC=CC2=[N+](CCCCCC(=O)CNC(=O)OC(C)(C)C)c3ccc(S(=O)(=O)O)cc3C2(C)C)C(C)(C)c2cc(C)ccc21. The zero-order valence-electron chi connectivity index (χ0n) is 31.1. The van der Waals surface area contributed by atoms with Crippen LogP contribution in [0.3, 0.4) is 0 Å². The summed E-state index contributed by atoms with van der Waals surface area (Å²) in [4.78, 5) is 26.5. The van der Waals surface area contributed by atoms with E-state index in [-0.39, 0.29) is 22.6 Å². The van der Waals surface area contributed by atoms with Gasteiger partial charge in [-0.05, 0) is 91.1 Å². The van der Waals surface area contributed by atoms with Crippen molar-refractivity contribution in [3.8, 4) is 0 Å². The van der Waals surface area contributed by atoms with E-state index in [0.29, 0.717) is 19.4 Å². The fourth-order valence-electron chi connectivity index (χ4n) is 6.89. The van der Waals surface area contributed by atoms with Crippen LogP contribution >= 0.6 is 0 Å². The second kappa shape index (κ2) is 15.1. The highest BCUT2D eigenvalue weighted by Crippen LogP contribution is 2.48. The van der Waals surface area contributed by atoms with Crippen molar-refractivity contribution >= 4 is 39.1 Å². The van der Waals surface area contributed by atoms with E-state index in [2.05, 4.69) is 92.8 Å². The first-order valence-electron chi connectivity index (χ1n) is 17.5. The number of aryl methyl sites for hydroxylation is 1. The number of rotatable bonds is 13. The molecule has 0 bridgehead atoms. The number of carbonyl (C=O) groups is 2. The third-order valence-corrected chi connectivity index (χ3v) is 10.3. The second-order valence-corrected chi connectivity index (χ2v) is 16.6. The Bertz CT molecular complexity index is 1860. The molecule has 2 aromatic rings. The Balaban J connectivity index is 1.50. The predicted octanol–water partition coefficient (Wildman–Crippen LogP) is 8.09. The Hall–Kier alpha value is -4.02. The number of ether oxygens (including phenoxy) is 1. The Labute approximate surface area is 298 Å². The van der Waals surface area contributed by atoms with Gasteiger partial charge in [0.2, 0.25) is 5.69 Å². The van der Waals surface area contributed by atoms with Crippen LogP contribution in [0.25, 0.3) is 0 Å². The lowest BCUT2D eigenvalue weighted by Crippen LogP contribution is -2.35. The molecule has 9 nitrogen and oxygen atoms in total. The zero-order valence-corrected chi connectivity index (χ0v) is 31.9. The van der Waals surface area contributed by atoms with E-state index in [4.69, 9.17) is 4.74 Å². The molecule has 270 valence electrons. The van der Waals surface area contributed by atoms with E-state index in [1.54, 1.807) is 32.9 Å². The van der Waals surface area contributed by atoms with Crippen LogP contribution in [-0.4, -0.2) is 60.4 Å². The Morgan fingerprint density at radius 1 is 0.960 bits per heavy atom. The maximum Gasteiger partial charge on any atom is 0.408 e. The average Bonchev–Trinajstić information content (AvgIpc) is 3.36. The summed E-state index contributed by atoms with van der Waals surface area (Å²) >= 11 is 0. The lowest BCUT2D eigenvalue weighted by molar-refractivity contribution is -0.438. The first kappa shape index (κ1) is 38.8. The minimum Gasteiger partial charge on any atom is -0.444 e. The first-order chi connectivity index (χ1) is 23.3. The number of alkyl carbamates (subject to hydrolysis) is 1. The summed E-state index contributed by atoms with van der Waals surface area (Å²) < 4.78 is 41.2. The molecule has 0 radical (unpaired) electrons. The number of unbranched alkanes of at least 4 members (excludes halogenated alkanes) is 2. The summed E-state index contributed by atoms with van der Waals surface area (Å²) in [6.07, 6.45) is 12.4. The highest BCUT2D eigenvalue weighted by Gasteiger charge is 2.45. The summed E-state index contributed by atoms with van der Waals surface area (Å²) in [5, 5.41) is 2.52. The van der Waals surface area contributed by atoms with E-state index in [1.165, 1.54) is 28.6 Å². The minimum atomic E-state index is -4.37. The van der Waals surface area contributed by atoms with E-state index < -0.39 is 27.2 Å². The van der Waals surface area contributed by atoms with E-state index >= 15 is 0 Å². The monoisotopic (exact) mass is 704 g/mol. The molecule has 0 saturated heterocycles. The largest absolute Gasteiger partial charge is 0.444 e. The van der Waals surface area contributed by atoms with Gasteiger partial charge in [0.1, 0.15) is 12.1 Å². The van der Waals surface area contributed by atoms with Crippen molar-refractivity contribution in [2.75, 3.05) is 24.5 Å². The molecule has 0 spiro atoms. The fourth-order valence-corrected chi connectivity index (χ4v) is 7.39. The Kier molecular flexibility index (Phi) is 11.7. The lowest BCUT2D eigenvalue weighted by atomic mass is 9.81. The van der Waals surface area contributed by atoms with Crippen LogP contribution in [0, 0.1) is 6.92 Å². The molecule has 2 aliphatic rings. The number of carbonyl (C=O) groups excluding carboxylic acids is 2. The summed E-state index contributed by atoms with van der Waals surface area (Å²) in [7, 11) is -4.37. The fraction of sp³-hybridized carbons (Fsp3) is 0.475. The van der Waals surface area contributed by atoms with Gasteiger partial charge in [-0.1, -0.05) is 49.8 Å². The molecule has 2 aromatic carbocycles. The van der Waals surface area contributed by atoms with Crippen LogP contribution in [-0.2, 0) is 30.5 Å². The molecule has 2 aliphatic heterocycles. The summed E-state index contributed by atoms with van der Waals surface area (Å²) in [6.45, 7) is 19.7. The Morgan fingerprint density at radius 2 is 1.68 bits per heavy atom. The van der Waals surface area contributed by atoms with Crippen molar-refractivity contribution in [3.63, 3.8) is 0 Å². The van der Waals surface area contributed by atoms with Crippen molar-refractivity contribution in [1.82, 2.24) is 5.32 Å². The number of hydrogen-bond acceptors (Lipinski definition) is 6. The van der Waals surface area contributed by atoms with Gasteiger partial charge in [-0.3, -0.25) is 9.35 Å². The third-order valence-electron chi connectivity index (χ3n) is 9.42. The van der Waals surface area contributed by atoms with Crippen LogP contribution < -0.4 is 10.2 Å². The van der Waals surface area contributed by atoms with Crippen molar-refractivity contribution < 1.29 is 31.9 Å². The van der Waals surface area contributed by atoms with Gasteiger partial charge in [-0.2, -0.15) is 13.0 Å². The van der Waals surface area contributed by atoms with Crippen molar-refractivity contribution in [1.29, 1.82) is 0 Å². The summed E-state index contributed by atoms with van der Waals surface area (Å²) in [5.74, 6) is -0.0553. The molecule has 1 amide bonds. The molecule has 0 aromatic heterocycles. The third kappa shape index (κ3) is 8.82. The first-order valence-corrected chi connectivity index (χ1v) is 18.9. The molecule has 2 heterocycles. The molecular formula is C40H54N3O6S+. The van der Waals surface area contributed by atoms with Gasteiger partial charge in [0.25, 0.3) is 10.1 Å². The number of nitrogens with one attached hydrogen (secondary N) is 1. The number of allylic oxidation sites excluding steroid dienone is 6. The number of hydrogen-bond donors (Lipinski definition) is 2. The quantitative estimate of drug-likeness (QED) is 0.0938. The van der Waals surface area contributed by atoms with Crippen molar-refractivity contribution in [2.24, 2.45) is 0 Å². The molecule has 0 fully saturated rings. The Morgan fingerprint density at radius 3 is 2.34 bits per heavy atom. The highest BCUT2D eigenvalue weighted by atomic mass is 32.2. The molecule has 10 heteroatoms. The molecule has 2 N–H and O–H groups in total. The summed E-state index contributed by atoms with van der Waals surface area (Å²) in [6, 6.07) is 11.4. The van der Waals surface area contributed by atoms with Gasteiger partial charge < -0.3 is 15.0 Å². The highest BCUT2D eigenvalue weighted by molar-refractivity contribution is 7.85. The molecule has 4 rings (SSSR count). The number of Topliss-reactive ketones (excluding diaryl/α,β-unsaturated/α-hetero) is 1. The molecule has 0 atom stereocenters. The van der Waals surface area contributed by atoms with Crippen LogP contribution in [0.4, 0.5) is 16.2 Å². The number of fused-ring (bicyclic) bond motifs is 2. The van der Waals surface area contributed by atoms with Gasteiger partial charge in [0.05, 0.1) is 16.9 Å². The second-order valence-electron chi connectivity index (χ2n) is 15.2. The maximum absolute atomic E-state index is 12.4. The van der Waals surface area contributed by atoms with Crippen molar-refractivity contribution in [3.05, 3.63) is 89.2 Å². The van der Waals surface area contributed by atoms with E-state index in [9.17, 15) is 22.6 Å². The molecule has 50 heavy (non-hydrogen) atoms. The molecule has 0 unspecified atom stereocenters. The number of anilines is 1. The van der Waals surface area contributed by atoms with Crippen LogP contribution in [0.2, 0.25) is 0 Å². The van der Waals surface area contributed by atoms with Crippen LogP contribution in [0.1, 0.15) is 97.8 Å². The summed E-state index contributed by atoms with van der Waals surface area (Å²) in [5.41, 5.74) is 6.51. The molecule has 0 saturated carbocycles. The normalized spacial score (nSPS) is 17.6. The van der Waals surface area contributed by atoms with Crippen molar-refractivity contribution in [2.45, 2.75) is 109 Å². The van der Waals surface area contributed by atoms with Crippen LogP contribution in [0.15, 0.2) is 77.4 Å². The van der Waals surface area contributed by atoms with E-state index in [1.807, 2.05) is 12.2 Å².